The summed E-state index contributed by atoms with van der Waals surface area (Å²) >= 11 is 4.98. The van der Waals surface area contributed by atoms with Crippen molar-refractivity contribution in [3.8, 4) is 0 Å². The zero-order valence-corrected chi connectivity index (χ0v) is 15.3. The van der Waals surface area contributed by atoms with E-state index in [4.69, 9.17) is 0 Å². The van der Waals surface area contributed by atoms with Crippen LogP contribution in [0.1, 0.15) is 15.3 Å². The highest BCUT2D eigenvalue weighted by Gasteiger charge is 2.06. The first-order valence-corrected chi connectivity index (χ1v) is 8.63. The first-order valence-electron chi connectivity index (χ1n) is 7.02. The molecule has 2 N–H and O–H groups in total. The summed E-state index contributed by atoms with van der Waals surface area (Å²) in [7, 11) is 0. The van der Waals surface area contributed by atoms with Crippen molar-refractivity contribution in [2.24, 2.45) is 0 Å². The van der Waals surface area contributed by atoms with Crippen molar-refractivity contribution in [3.05, 3.63) is 56.2 Å². The number of benzene rings is 1. The SMILES string of the molecule is Cc1ccc(/C=C/C(=O)NCC(=O)Nc2ccc(Br)cc2C)s1. The van der Waals surface area contributed by atoms with Crippen LogP contribution in [0.25, 0.3) is 6.08 Å². The first-order chi connectivity index (χ1) is 10.9. The van der Waals surface area contributed by atoms with Crippen LogP contribution >= 0.6 is 27.3 Å². The van der Waals surface area contributed by atoms with Crippen molar-refractivity contribution in [3.63, 3.8) is 0 Å². The van der Waals surface area contributed by atoms with Crippen LogP contribution in [0.3, 0.4) is 0 Å². The standard InChI is InChI=1S/C17H17BrN2O2S/c1-11-9-13(18)4-7-15(11)20-17(22)10-19-16(21)8-6-14-5-3-12(2)23-14/h3-9H,10H2,1-2H3,(H,19,21)(H,20,22)/b8-6+. The number of halogens is 1. The highest BCUT2D eigenvalue weighted by Crippen LogP contribution is 2.19. The van der Waals surface area contributed by atoms with E-state index in [1.54, 1.807) is 17.4 Å². The van der Waals surface area contributed by atoms with Gasteiger partial charge in [0.1, 0.15) is 0 Å². The van der Waals surface area contributed by atoms with Crippen molar-refractivity contribution in [1.29, 1.82) is 0 Å². The molecular weight excluding hydrogens is 376 g/mol. The van der Waals surface area contributed by atoms with Crippen molar-refractivity contribution < 1.29 is 9.59 Å². The molecule has 23 heavy (non-hydrogen) atoms. The van der Waals surface area contributed by atoms with Crippen molar-refractivity contribution in [2.75, 3.05) is 11.9 Å². The molecule has 0 aliphatic rings. The van der Waals surface area contributed by atoms with Crippen molar-refractivity contribution >= 4 is 50.8 Å². The molecule has 0 fully saturated rings. The van der Waals surface area contributed by atoms with E-state index in [9.17, 15) is 9.59 Å². The lowest BCUT2D eigenvalue weighted by Crippen LogP contribution is -2.31. The number of carbonyl (C=O) groups is 2. The van der Waals surface area contributed by atoms with Crippen LogP contribution in [0, 0.1) is 13.8 Å². The quantitative estimate of drug-likeness (QED) is 0.758. The summed E-state index contributed by atoms with van der Waals surface area (Å²) in [5, 5.41) is 5.34. The number of hydrogen-bond acceptors (Lipinski definition) is 3. The Morgan fingerprint density at radius 1 is 1.22 bits per heavy atom. The van der Waals surface area contributed by atoms with Gasteiger partial charge in [0, 0.05) is 26.0 Å². The fraction of sp³-hybridized carbons (Fsp3) is 0.176. The number of rotatable bonds is 5. The molecule has 0 atom stereocenters. The third-order valence-corrected chi connectivity index (χ3v) is 4.51. The van der Waals surface area contributed by atoms with Crippen LogP contribution in [0.2, 0.25) is 0 Å². The Morgan fingerprint density at radius 3 is 2.65 bits per heavy atom. The van der Waals surface area contributed by atoms with Gasteiger partial charge in [0.2, 0.25) is 11.8 Å². The van der Waals surface area contributed by atoms with E-state index in [0.29, 0.717) is 0 Å². The Bertz CT molecular complexity index is 753. The second-order valence-corrected chi connectivity index (χ2v) is 7.24. The predicted molar refractivity (Wildman–Crippen MR) is 98.6 cm³/mol. The number of nitrogens with one attached hydrogen (secondary N) is 2. The zero-order valence-electron chi connectivity index (χ0n) is 12.9. The van der Waals surface area contributed by atoms with Crippen molar-refractivity contribution in [2.45, 2.75) is 13.8 Å². The molecule has 6 heteroatoms. The Hall–Kier alpha value is -1.92. The summed E-state index contributed by atoms with van der Waals surface area (Å²) in [6, 6.07) is 9.54. The molecule has 0 unspecified atom stereocenters. The van der Waals surface area contributed by atoms with E-state index < -0.39 is 0 Å². The Morgan fingerprint density at radius 2 is 2.00 bits per heavy atom. The fourth-order valence-electron chi connectivity index (χ4n) is 1.89. The molecule has 0 saturated heterocycles. The highest BCUT2D eigenvalue weighted by atomic mass is 79.9. The largest absolute Gasteiger partial charge is 0.343 e. The summed E-state index contributed by atoms with van der Waals surface area (Å²) in [5.74, 6) is -0.553. The van der Waals surface area contributed by atoms with E-state index in [1.807, 2.05) is 44.2 Å². The normalized spacial score (nSPS) is 10.7. The zero-order chi connectivity index (χ0) is 16.8. The smallest absolute Gasteiger partial charge is 0.244 e. The number of aryl methyl sites for hydroxylation is 2. The maximum Gasteiger partial charge on any atom is 0.244 e. The molecule has 1 aromatic carbocycles. The molecule has 2 amide bonds. The average Bonchev–Trinajstić information content (AvgIpc) is 2.91. The maximum atomic E-state index is 11.9. The van der Waals surface area contributed by atoms with Gasteiger partial charge in [-0.25, -0.2) is 0 Å². The number of hydrogen-bond donors (Lipinski definition) is 2. The number of anilines is 1. The Balaban J connectivity index is 1.81. The molecule has 0 bridgehead atoms. The van der Waals surface area contributed by atoms with E-state index in [-0.39, 0.29) is 18.4 Å². The van der Waals surface area contributed by atoms with Gasteiger partial charge < -0.3 is 10.6 Å². The van der Waals surface area contributed by atoms with Gasteiger partial charge >= 0.3 is 0 Å². The van der Waals surface area contributed by atoms with Gasteiger partial charge in [-0.3, -0.25) is 9.59 Å². The van der Waals surface area contributed by atoms with Crippen LogP contribution in [0.5, 0.6) is 0 Å². The molecule has 0 aliphatic carbocycles. The molecule has 0 spiro atoms. The summed E-state index contributed by atoms with van der Waals surface area (Å²) < 4.78 is 0.954. The number of carbonyl (C=O) groups excluding carboxylic acids is 2. The molecule has 4 nitrogen and oxygen atoms in total. The van der Waals surface area contributed by atoms with Gasteiger partial charge in [-0.2, -0.15) is 0 Å². The Labute approximate surface area is 147 Å². The lowest BCUT2D eigenvalue weighted by atomic mass is 10.2. The lowest BCUT2D eigenvalue weighted by molar-refractivity contribution is -0.121. The molecule has 0 radical (unpaired) electrons. The van der Waals surface area contributed by atoms with Crippen molar-refractivity contribution in [1.82, 2.24) is 5.32 Å². The fourth-order valence-corrected chi connectivity index (χ4v) is 3.14. The molecule has 0 aliphatic heterocycles. The van der Waals surface area contributed by atoms with E-state index in [0.717, 1.165) is 20.6 Å². The minimum Gasteiger partial charge on any atom is -0.343 e. The monoisotopic (exact) mass is 392 g/mol. The van der Waals surface area contributed by atoms with Gasteiger partial charge in [0.25, 0.3) is 0 Å². The van der Waals surface area contributed by atoms with E-state index >= 15 is 0 Å². The molecule has 2 rings (SSSR count). The highest BCUT2D eigenvalue weighted by molar-refractivity contribution is 9.10. The second-order valence-electron chi connectivity index (χ2n) is 5.01. The molecule has 1 heterocycles. The summed E-state index contributed by atoms with van der Waals surface area (Å²) in [5.41, 5.74) is 1.68. The molecular formula is C17H17BrN2O2S. The Kier molecular flexibility index (Phi) is 6.12. The van der Waals surface area contributed by atoms with Crippen LogP contribution in [0.4, 0.5) is 5.69 Å². The van der Waals surface area contributed by atoms with Gasteiger partial charge in [-0.05, 0) is 55.8 Å². The van der Waals surface area contributed by atoms with Crippen LogP contribution < -0.4 is 10.6 Å². The summed E-state index contributed by atoms with van der Waals surface area (Å²) in [6.45, 7) is 3.85. The van der Waals surface area contributed by atoms with Crippen LogP contribution in [0.15, 0.2) is 40.9 Å². The lowest BCUT2D eigenvalue weighted by Gasteiger charge is -2.09. The molecule has 120 valence electrons. The maximum absolute atomic E-state index is 11.9. The number of amides is 2. The van der Waals surface area contributed by atoms with Gasteiger partial charge in [0.05, 0.1) is 6.54 Å². The second kappa shape index (κ2) is 8.08. The molecule has 2 aromatic rings. The van der Waals surface area contributed by atoms with Gasteiger partial charge in [-0.1, -0.05) is 15.9 Å². The minimum atomic E-state index is -0.293. The predicted octanol–water partition coefficient (Wildman–Crippen LogP) is 3.90. The van der Waals surface area contributed by atoms with Gasteiger partial charge in [-0.15, -0.1) is 11.3 Å². The third-order valence-electron chi connectivity index (χ3n) is 3.05. The first kappa shape index (κ1) is 17.4. The third kappa shape index (κ3) is 5.65. The number of thiophene rings is 1. The minimum absolute atomic E-state index is 0.0673. The van der Waals surface area contributed by atoms with E-state index in [1.165, 1.54) is 11.0 Å². The summed E-state index contributed by atoms with van der Waals surface area (Å²) in [4.78, 5) is 25.8. The average molecular weight is 393 g/mol. The summed E-state index contributed by atoms with van der Waals surface area (Å²) in [6.07, 6.45) is 3.17. The molecule has 0 saturated carbocycles. The van der Waals surface area contributed by atoms with Crippen LogP contribution in [-0.4, -0.2) is 18.4 Å². The topological polar surface area (TPSA) is 58.2 Å². The van der Waals surface area contributed by atoms with Gasteiger partial charge in [0.15, 0.2) is 0 Å². The molecule has 1 aromatic heterocycles. The van der Waals surface area contributed by atoms with E-state index in [2.05, 4.69) is 26.6 Å². The van der Waals surface area contributed by atoms with Crippen LogP contribution in [-0.2, 0) is 9.59 Å².